The van der Waals surface area contributed by atoms with Crippen molar-refractivity contribution in [2.75, 3.05) is 50.3 Å². The smallest absolute Gasteiger partial charge is 0.416 e. The van der Waals surface area contributed by atoms with Gasteiger partial charge in [0.05, 0.1) is 67.6 Å². The molecule has 32 heteroatoms. The molecule has 4 fully saturated rings. The van der Waals surface area contributed by atoms with Crippen LogP contribution >= 0.6 is 0 Å². The maximum Gasteiger partial charge on any atom is 0.416 e. The van der Waals surface area contributed by atoms with Crippen molar-refractivity contribution in [3.63, 3.8) is 0 Å². The zero-order valence-electron chi connectivity index (χ0n) is 53.8. The van der Waals surface area contributed by atoms with E-state index in [0.29, 0.717) is 36.0 Å². The predicted molar refractivity (Wildman–Crippen MR) is 335 cm³/mol. The van der Waals surface area contributed by atoms with E-state index >= 15 is 0 Å². The van der Waals surface area contributed by atoms with E-state index in [-0.39, 0.29) is 114 Å². The molecular weight excluding hydrogens is 1290 g/mol. The monoisotopic (exact) mass is 1370 g/mol. The van der Waals surface area contributed by atoms with Gasteiger partial charge in [0.25, 0.3) is 17.7 Å². The van der Waals surface area contributed by atoms with Crippen LogP contribution in [0.5, 0.6) is 34.5 Å². The number of nitrogens with one attached hydrogen (secondary N) is 1. The summed E-state index contributed by atoms with van der Waals surface area (Å²) in [5, 5.41) is 108. The van der Waals surface area contributed by atoms with Gasteiger partial charge in [0.1, 0.15) is 61.3 Å². The molecule has 0 radical (unpaired) electrons. The summed E-state index contributed by atoms with van der Waals surface area (Å²) in [5.41, 5.74) is 0.620. The van der Waals surface area contributed by atoms with Gasteiger partial charge >= 0.3 is 24.1 Å². The number of amides is 5. The van der Waals surface area contributed by atoms with Crippen molar-refractivity contribution < 1.29 is 132 Å². The summed E-state index contributed by atoms with van der Waals surface area (Å²) in [6.07, 6.45) is -23.0. The van der Waals surface area contributed by atoms with Crippen LogP contribution in [0.25, 0.3) is 0 Å². The second-order valence-electron chi connectivity index (χ2n) is 25.3. The van der Waals surface area contributed by atoms with E-state index in [1.165, 1.54) is 90.7 Å². The summed E-state index contributed by atoms with van der Waals surface area (Å²) >= 11 is 0. The van der Waals surface area contributed by atoms with Crippen molar-refractivity contribution in [3.8, 4) is 34.5 Å². The van der Waals surface area contributed by atoms with Crippen molar-refractivity contribution >= 4 is 53.2 Å². The second-order valence-corrected chi connectivity index (χ2v) is 25.3. The van der Waals surface area contributed by atoms with Gasteiger partial charge in [-0.15, -0.1) is 0 Å². The lowest BCUT2D eigenvalue weighted by Gasteiger charge is -2.38. The predicted octanol–water partition coefficient (Wildman–Crippen LogP) is 1.89. The number of benzene rings is 4. The summed E-state index contributed by atoms with van der Waals surface area (Å²) < 4.78 is 57.2. The van der Waals surface area contributed by atoms with Gasteiger partial charge in [0, 0.05) is 30.8 Å². The minimum atomic E-state index is -2.02. The lowest BCUT2D eigenvalue weighted by Crippen LogP contribution is -2.61. The minimum Gasteiger partial charge on any atom is -0.493 e. The number of hydrogen-bond acceptors (Lipinski definition) is 25. The number of aliphatic hydroxyl groups excluding tert-OH is 8. The highest BCUT2D eigenvalue weighted by Gasteiger charge is 2.52. The Morgan fingerprint density at radius 3 is 1.43 bits per heavy atom. The van der Waals surface area contributed by atoms with Crippen LogP contribution in [-0.2, 0) is 41.8 Å². The molecule has 4 saturated heterocycles. The van der Waals surface area contributed by atoms with E-state index < -0.39 is 140 Å². The molecule has 32 nitrogen and oxygen atoms in total. The first kappa shape index (κ1) is 71.4. The minimum absolute atomic E-state index is 0.0113. The van der Waals surface area contributed by atoms with Gasteiger partial charge in [0.15, 0.2) is 47.7 Å². The van der Waals surface area contributed by atoms with E-state index in [2.05, 4.69) is 18.5 Å². The standard InChI is InChI=1S/C66H77N5O27/c1-30-19-40-58(81)70(64(87)93-28-32-11-14-34(15-12-32)95-62-51(76)47(72)49(74)53(97-62)60(83)84)38-24-45(43(89-6)22-35(38)56(79)68(40)26-30)91-17-9-8-10-18-92-46-25-39-36(23-44(46)90-7)57(80)69-27-31(2)20-41(69)59(82)71(39)65(88)94-29-33-13-16-42(37(21-33)55(78)67-66(3,4)5)96-63-52(77)48(73)50(75)54(98-63)61(85)86/h11-16,21-25,40-41,47-54,58-59,62-63,72-77,81-82H,1-2,8-10,17-20,26-29H2,3-7H3,(H,67,78)(H,83,84)(H,85,86)/t40-,41-,47-,48-,49-,50-,51+,52+,53-,54-,58?,59?,62+,63+/m0/s1. The molecule has 0 aliphatic carbocycles. The molecule has 0 aromatic heterocycles. The summed E-state index contributed by atoms with van der Waals surface area (Å²) in [6, 6.07) is 13.3. The molecule has 0 bridgehead atoms. The van der Waals surface area contributed by atoms with Crippen molar-refractivity contribution in [1.29, 1.82) is 0 Å². The normalized spacial score (nSPS) is 26.7. The van der Waals surface area contributed by atoms with E-state index in [1.54, 1.807) is 20.8 Å². The molecule has 11 N–H and O–H groups in total. The fraction of sp³-hybridized carbons (Fsp3) is 0.470. The summed E-state index contributed by atoms with van der Waals surface area (Å²) in [6.45, 7) is 12.5. The molecule has 6 aliphatic rings. The number of aliphatic carboxylic acids is 2. The maximum absolute atomic E-state index is 14.5. The molecule has 4 aromatic carbocycles. The van der Waals surface area contributed by atoms with Gasteiger partial charge in [-0.05, 0) is 100 Å². The molecule has 4 aromatic rings. The largest absolute Gasteiger partial charge is 0.493 e. The molecule has 6 heterocycles. The lowest BCUT2D eigenvalue weighted by atomic mass is 9.99. The van der Waals surface area contributed by atoms with Crippen LogP contribution in [0.3, 0.4) is 0 Å². The molecule has 0 saturated carbocycles. The summed E-state index contributed by atoms with van der Waals surface area (Å²) in [5.74, 6) is -4.82. The molecule has 528 valence electrons. The van der Waals surface area contributed by atoms with Crippen molar-refractivity contribution in [1.82, 2.24) is 15.1 Å². The van der Waals surface area contributed by atoms with Crippen molar-refractivity contribution in [2.24, 2.45) is 0 Å². The van der Waals surface area contributed by atoms with Gasteiger partial charge in [0.2, 0.25) is 12.6 Å². The number of anilines is 2. The van der Waals surface area contributed by atoms with Crippen molar-refractivity contribution in [3.05, 3.63) is 119 Å². The number of carbonyl (C=O) groups excluding carboxylic acids is 5. The number of carboxylic acids is 2. The maximum atomic E-state index is 14.5. The molecule has 2 unspecified atom stereocenters. The Balaban J connectivity index is 0.805. The molecule has 5 amide bonds. The topological polar surface area (TPSA) is 439 Å². The Morgan fingerprint density at radius 2 is 0.990 bits per heavy atom. The number of nitrogens with zero attached hydrogens (tertiary/aromatic N) is 4. The molecule has 0 spiro atoms. The lowest BCUT2D eigenvalue weighted by molar-refractivity contribution is -0.271. The summed E-state index contributed by atoms with van der Waals surface area (Å²) in [7, 11) is 2.72. The number of carboxylic acid groups (broad SMARTS) is 2. The Morgan fingerprint density at radius 1 is 0.551 bits per heavy atom. The number of ether oxygens (including phenoxy) is 10. The Bertz CT molecular complexity index is 3730. The van der Waals surface area contributed by atoms with Crippen molar-refractivity contribution in [2.45, 2.75) is 158 Å². The van der Waals surface area contributed by atoms with Crippen LogP contribution in [0.4, 0.5) is 21.0 Å². The fourth-order valence-electron chi connectivity index (χ4n) is 12.1. The van der Waals surface area contributed by atoms with Crippen LogP contribution in [0.1, 0.15) is 95.1 Å². The number of unbranched alkanes of at least 4 members (excludes halogenated alkanes) is 2. The number of aliphatic hydroxyl groups is 8. The van der Waals surface area contributed by atoms with Crippen LogP contribution in [0, 0.1) is 0 Å². The average Bonchev–Trinajstić information content (AvgIpc) is 1.62. The molecular formula is C66H77N5O27. The van der Waals surface area contributed by atoms with Crippen LogP contribution in [0.15, 0.2) is 91.0 Å². The summed E-state index contributed by atoms with van der Waals surface area (Å²) in [4.78, 5) is 99.2. The van der Waals surface area contributed by atoms with E-state index in [9.17, 15) is 84.6 Å². The molecule has 6 aliphatic heterocycles. The third-order valence-electron chi connectivity index (χ3n) is 17.1. The van der Waals surface area contributed by atoms with Crippen LogP contribution in [-0.4, -0.2) is 235 Å². The number of methoxy groups -OCH3 is 2. The first-order valence-corrected chi connectivity index (χ1v) is 31.1. The molecule has 10 rings (SSSR count). The van der Waals surface area contributed by atoms with Crippen LogP contribution < -0.4 is 43.5 Å². The Kier molecular flexibility index (Phi) is 21.4. The number of rotatable bonds is 21. The fourth-order valence-corrected chi connectivity index (χ4v) is 12.1. The first-order chi connectivity index (χ1) is 46.5. The van der Waals surface area contributed by atoms with E-state index in [0.717, 1.165) is 9.80 Å². The first-order valence-electron chi connectivity index (χ1n) is 31.1. The number of carbonyl (C=O) groups is 7. The Hall–Kier alpha value is -9.35. The van der Waals surface area contributed by atoms with E-state index in [4.69, 9.17) is 47.4 Å². The zero-order valence-corrected chi connectivity index (χ0v) is 53.8. The van der Waals surface area contributed by atoms with E-state index in [1.807, 2.05) is 0 Å². The highest BCUT2D eigenvalue weighted by Crippen LogP contribution is 2.45. The average molecular weight is 1370 g/mol. The SMILES string of the molecule is C=C1C[C@H]2C(O)N(C(=O)OCc3ccc(O[C@@H]4O[C@H](C(=O)O)[C@@H](O)[C@H](O)[C@H]4O)cc3)c3cc(OCCCCCOc4cc5c(cc4OC)C(=O)N4CC(=C)C[C@H]4C(O)N5C(=O)OCc4ccc(O[C@@H]5O[C@H](C(=O)O)[C@@H](O)[C@H](O)[C@H]5O)c(C(=O)NC(C)(C)C)c4)c(OC)cc3C(=O)N2C1. The molecule has 98 heavy (non-hydrogen) atoms. The highest BCUT2D eigenvalue weighted by molar-refractivity contribution is 6.07. The van der Waals surface area contributed by atoms with Gasteiger partial charge in [-0.2, -0.15) is 0 Å². The van der Waals surface area contributed by atoms with Gasteiger partial charge in [-0.1, -0.05) is 42.5 Å². The van der Waals surface area contributed by atoms with Gasteiger partial charge in [-0.25, -0.2) is 29.0 Å². The number of hydrogen-bond donors (Lipinski definition) is 11. The van der Waals surface area contributed by atoms with Gasteiger partial charge in [-0.3, -0.25) is 14.4 Å². The third-order valence-corrected chi connectivity index (χ3v) is 17.1. The number of fused-ring (bicyclic) bond motifs is 4. The second kappa shape index (κ2) is 29.4. The molecule has 14 atom stereocenters. The zero-order chi connectivity index (χ0) is 70.9. The quantitative estimate of drug-likeness (QED) is 0.0419. The Labute approximate surface area is 559 Å². The highest BCUT2D eigenvalue weighted by atomic mass is 16.7. The van der Waals surface area contributed by atoms with Gasteiger partial charge < -0.3 is 114 Å². The third kappa shape index (κ3) is 14.9. The van der Waals surface area contributed by atoms with Crippen LogP contribution in [0.2, 0.25) is 0 Å².